The summed E-state index contributed by atoms with van der Waals surface area (Å²) in [4.78, 5) is 27.6. The number of piperidine rings is 1. The summed E-state index contributed by atoms with van der Waals surface area (Å²) < 4.78 is 32.5. The fraction of sp³-hybridized carbons (Fsp3) is 0.417. The van der Waals surface area contributed by atoms with Crippen LogP contribution in [-0.2, 0) is 14.8 Å². The van der Waals surface area contributed by atoms with Crippen molar-refractivity contribution in [3.05, 3.63) is 53.1 Å². The van der Waals surface area contributed by atoms with Crippen molar-refractivity contribution in [2.24, 2.45) is 5.92 Å². The smallest absolute Gasteiger partial charge is 0.255 e. The highest BCUT2D eigenvalue weighted by molar-refractivity contribution is 7.89. The predicted octanol–water partition coefficient (Wildman–Crippen LogP) is 3.87. The predicted molar refractivity (Wildman–Crippen MR) is 132 cm³/mol. The zero-order chi connectivity index (χ0) is 24.9. The van der Waals surface area contributed by atoms with Gasteiger partial charge in [-0.15, -0.1) is 0 Å². The number of carbonyl (C=O) groups excluding carboxylic acids is 2. The quantitative estimate of drug-likeness (QED) is 0.585. The highest BCUT2D eigenvalue weighted by atomic mass is 35.5. The molecular formula is C24H30ClN3O5S. The number of nitrogens with one attached hydrogen (secondary N) is 1. The van der Waals surface area contributed by atoms with Crippen molar-refractivity contribution in [3.8, 4) is 5.75 Å². The highest BCUT2D eigenvalue weighted by Crippen LogP contribution is 2.30. The molecule has 1 aliphatic rings. The molecule has 0 saturated carbocycles. The van der Waals surface area contributed by atoms with Gasteiger partial charge >= 0.3 is 0 Å². The van der Waals surface area contributed by atoms with E-state index < -0.39 is 10.0 Å². The van der Waals surface area contributed by atoms with Crippen molar-refractivity contribution in [1.82, 2.24) is 9.21 Å². The molecule has 0 aliphatic carbocycles. The number of sulfonamides is 1. The SMILES string of the molecule is CCN(CC)S(=O)(=O)c1ccc(OC)c(NC(=O)C2CCN(C(=O)c3ccccc3Cl)CC2)c1. The number of halogens is 1. The molecule has 0 unspecified atom stereocenters. The lowest BCUT2D eigenvalue weighted by atomic mass is 9.95. The molecule has 1 N–H and O–H groups in total. The van der Waals surface area contributed by atoms with Crippen LogP contribution in [0, 0.1) is 5.92 Å². The lowest BCUT2D eigenvalue weighted by Gasteiger charge is -2.31. The molecule has 2 aromatic carbocycles. The largest absolute Gasteiger partial charge is 0.495 e. The summed E-state index contributed by atoms with van der Waals surface area (Å²) in [6.45, 7) is 5.09. The van der Waals surface area contributed by atoms with Crippen LogP contribution in [0.2, 0.25) is 5.02 Å². The molecule has 8 nitrogen and oxygen atoms in total. The van der Waals surface area contributed by atoms with Gasteiger partial charge in [0.15, 0.2) is 0 Å². The third-order valence-corrected chi connectivity index (χ3v) is 8.40. The first-order chi connectivity index (χ1) is 16.2. The molecule has 1 fully saturated rings. The molecule has 10 heteroatoms. The molecule has 2 amide bonds. The second-order valence-electron chi connectivity index (χ2n) is 7.99. The van der Waals surface area contributed by atoms with Gasteiger partial charge in [0.25, 0.3) is 5.91 Å². The summed E-state index contributed by atoms with van der Waals surface area (Å²) in [5, 5.41) is 3.23. The standard InChI is InChI=1S/C24H30ClN3O5S/c1-4-28(5-2)34(31,32)18-10-11-22(33-3)21(16-18)26-23(29)17-12-14-27(15-13-17)24(30)19-8-6-7-9-20(19)25/h6-11,16-17H,4-5,12-15H2,1-3H3,(H,26,29). The molecule has 1 heterocycles. The summed E-state index contributed by atoms with van der Waals surface area (Å²) >= 11 is 6.15. The number of nitrogens with zero attached hydrogens (tertiary/aromatic N) is 2. The molecule has 0 aromatic heterocycles. The Morgan fingerprint density at radius 3 is 2.35 bits per heavy atom. The molecule has 0 atom stereocenters. The van der Waals surface area contributed by atoms with Crippen LogP contribution in [0.25, 0.3) is 0 Å². The maximum Gasteiger partial charge on any atom is 0.255 e. The fourth-order valence-electron chi connectivity index (χ4n) is 4.04. The van der Waals surface area contributed by atoms with E-state index in [2.05, 4.69) is 5.32 Å². The van der Waals surface area contributed by atoms with Crippen molar-refractivity contribution in [2.75, 3.05) is 38.6 Å². The summed E-state index contributed by atoms with van der Waals surface area (Å²) in [5.74, 6) is -0.331. The Hall–Kier alpha value is -2.62. The van der Waals surface area contributed by atoms with Crippen LogP contribution in [0.5, 0.6) is 5.75 Å². The number of rotatable bonds is 8. The van der Waals surface area contributed by atoms with Gasteiger partial charge in [0.1, 0.15) is 5.75 Å². The number of likely N-dealkylation sites (tertiary alicyclic amines) is 1. The second kappa shape index (κ2) is 11.2. The average Bonchev–Trinajstić information content (AvgIpc) is 2.84. The summed E-state index contributed by atoms with van der Waals surface area (Å²) in [6.07, 6.45) is 0.976. The number of methoxy groups -OCH3 is 1. The molecule has 34 heavy (non-hydrogen) atoms. The molecular weight excluding hydrogens is 478 g/mol. The number of amides is 2. The molecule has 0 bridgehead atoms. The van der Waals surface area contributed by atoms with Crippen LogP contribution in [0.1, 0.15) is 37.0 Å². The Kier molecular flexibility index (Phi) is 8.57. The van der Waals surface area contributed by atoms with Gasteiger partial charge in [-0.05, 0) is 43.2 Å². The van der Waals surface area contributed by atoms with Gasteiger partial charge in [0.2, 0.25) is 15.9 Å². The fourth-order valence-corrected chi connectivity index (χ4v) is 5.74. The van der Waals surface area contributed by atoms with Crippen LogP contribution >= 0.6 is 11.6 Å². The Bertz CT molecular complexity index is 1140. The molecule has 2 aromatic rings. The molecule has 184 valence electrons. The number of ether oxygens (including phenoxy) is 1. The van der Waals surface area contributed by atoms with Crippen molar-refractivity contribution in [1.29, 1.82) is 0 Å². The van der Waals surface area contributed by atoms with E-state index in [0.29, 0.717) is 61.0 Å². The van der Waals surface area contributed by atoms with Crippen LogP contribution in [0.15, 0.2) is 47.4 Å². The zero-order valence-corrected chi connectivity index (χ0v) is 21.2. The van der Waals surface area contributed by atoms with Crippen LogP contribution < -0.4 is 10.1 Å². The third-order valence-electron chi connectivity index (χ3n) is 6.03. The Morgan fingerprint density at radius 2 is 1.76 bits per heavy atom. The first-order valence-electron chi connectivity index (χ1n) is 11.3. The van der Waals surface area contributed by atoms with Gasteiger partial charge < -0.3 is 15.0 Å². The van der Waals surface area contributed by atoms with Gasteiger partial charge in [-0.2, -0.15) is 4.31 Å². The van der Waals surface area contributed by atoms with E-state index in [9.17, 15) is 18.0 Å². The Labute approximate surface area is 205 Å². The van der Waals surface area contributed by atoms with Gasteiger partial charge in [-0.3, -0.25) is 9.59 Å². The normalized spacial score (nSPS) is 14.8. The summed E-state index contributed by atoms with van der Waals surface area (Å²) in [5.41, 5.74) is 0.748. The topological polar surface area (TPSA) is 96.0 Å². The van der Waals surface area contributed by atoms with E-state index in [4.69, 9.17) is 16.3 Å². The van der Waals surface area contributed by atoms with Crippen molar-refractivity contribution in [3.63, 3.8) is 0 Å². The maximum absolute atomic E-state index is 13.0. The van der Waals surface area contributed by atoms with E-state index in [1.165, 1.54) is 29.6 Å². The van der Waals surface area contributed by atoms with E-state index in [0.717, 1.165) is 0 Å². The van der Waals surface area contributed by atoms with Crippen LogP contribution in [0.3, 0.4) is 0 Å². The monoisotopic (exact) mass is 507 g/mol. The van der Waals surface area contributed by atoms with Gasteiger partial charge in [0, 0.05) is 32.1 Å². The number of benzene rings is 2. The lowest BCUT2D eigenvalue weighted by Crippen LogP contribution is -2.41. The van der Waals surface area contributed by atoms with Crippen LogP contribution in [0.4, 0.5) is 5.69 Å². The van der Waals surface area contributed by atoms with Crippen molar-refractivity contribution < 1.29 is 22.7 Å². The van der Waals surface area contributed by atoms with Crippen LogP contribution in [-0.4, -0.2) is 62.7 Å². The van der Waals surface area contributed by atoms with Gasteiger partial charge in [-0.1, -0.05) is 37.6 Å². The number of carbonyl (C=O) groups is 2. The van der Waals surface area contributed by atoms with E-state index in [1.54, 1.807) is 43.0 Å². The highest BCUT2D eigenvalue weighted by Gasteiger charge is 2.29. The van der Waals surface area contributed by atoms with E-state index in [-0.39, 0.29) is 22.6 Å². The molecule has 3 rings (SSSR count). The third kappa shape index (κ3) is 5.54. The van der Waals surface area contributed by atoms with Gasteiger partial charge in [-0.25, -0.2) is 8.42 Å². The zero-order valence-electron chi connectivity index (χ0n) is 19.6. The van der Waals surface area contributed by atoms with E-state index >= 15 is 0 Å². The van der Waals surface area contributed by atoms with Gasteiger partial charge in [0.05, 0.1) is 28.3 Å². The minimum Gasteiger partial charge on any atom is -0.495 e. The summed E-state index contributed by atoms with van der Waals surface area (Å²) in [6, 6.07) is 11.3. The first kappa shape index (κ1) is 26.0. The average molecular weight is 508 g/mol. The molecule has 0 radical (unpaired) electrons. The summed E-state index contributed by atoms with van der Waals surface area (Å²) in [7, 11) is -2.22. The number of hydrogen-bond donors (Lipinski definition) is 1. The van der Waals surface area contributed by atoms with Crippen molar-refractivity contribution >= 4 is 39.1 Å². The second-order valence-corrected chi connectivity index (χ2v) is 10.3. The maximum atomic E-state index is 13.0. The Balaban J connectivity index is 1.70. The number of hydrogen-bond acceptors (Lipinski definition) is 5. The Morgan fingerprint density at radius 1 is 1.12 bits per heavy atom. The lowest BCUT2D eigenvalue weighted by molar-refractivity contribution is -0.121. The van der Waals surface area contributed by atoms with E-state index in [1.807, 2.05) is 0 Å². The number of anilines is 1. The minimum atomic E-state index is -3.68. The molecule has 0 spiro atoms. The molecule has 1 aliphatic heterocycles. The first-order valence-corrected chi connectivity index (χ1v) is 13.1. The molecule has 1 saturated heterocycles. The minimum absolute atomic E-state index is 0.0902. The van der Waals surface area contributed by atoms with Crippen molar-refractivity contribution in [2.45, 2.75) is 31.6 Å².